The van der Waals surface area contributed by atoms with Crippen LogP contribution in [0.25, 0.3) is 0 Å². The highest BCUT2D eigenvalue weighted by molar-refractivity contribution is 6.13. The molecule has 0 spiro atoms. The lowest BCUT2D eigenvalue weighted by atomic mass is 9.70. The molecule has 1 aliphatic heterocycles. The van der Waals surface area contributed by atoms with E-state index in [1.54, 1.807) is 0 Å². The average molecular weight is 342 g/mol. The Bertz CT molecular complexity index is 928. The Balaban J connectivity index is 2.06. The van der Waals surface area contributed by atoms with Crippen molar-refractivity contribution in [2.45, 2.75) is 12.3 Å². The highest BCUT2D eigenvalue weighted by Crippen LogP contribution is 2.49. The molecule has 4 rings (SSSR count). The van der Waals surface area contributed by atoms with E-state index in [0.29, 0.717) is 5.69 Å². The van der Waals surface area contributed by atoms with E-state index in [1.165, 1.54) is 11.9 Å². The third-order valence-corrected chi connectivity index (χ3v) is 4.76. The van der Waals surface area contributed by atoms with Crippen molar-refractivity contribution in [3.63, 3.8) is 0 Å². The zero-order chi connectivity index (χ0) is 18.1. The van der Waals surface area contributed by atoms with Gasteiger partial charge < -0.3 is 0 Å². The van der Waals surface area contributed by atoms with Gasteiger partial charge in [0.25, 0.3) is 5.91 Å². The van der Waals surface area contributed by atoms with Gasteiger partial charge in [-0.1, -0.05) is 78.9 Å². The molecule has 1 N–H and O–H groups in total. The number of rotatable bonds is 3. The summed E-state index contributed by atoms with van der Waals surface area (Å²) in [4.78, 5) is 25.5. The molecule has 0 aliphatic carbocycles. The fourth-order valence-corrected chi connectivity index (χ4v) is 3.75. The Morgan fingerprint density at radius 1 is 0.808 bits per heavy atom. The molecular weight excluding hydrogens is 324 g/mol. The van der Waals surface area contributed by atoms with Gasteiger partial charge in [0.2, 0.25) is 5.91 Å². The molecule has 0 unspecified atom stereocenters. The van der Waals surface area contributed by atoms with Gasteiger partial charge >= 0.3 is 0 Å². The number of hydrogen-bond acceptors (Lipinski definition) is 2. The number of nitrogens with one attached hydrogen (secondary N) is 1. The predicted octanol–water partition coefficient (Wildman–Crippen LogP) is 3.42. The SMILES string of the molecule is CC(=O)NN1C(=O)C(c2ccccc2)(c2ccccc2)c2ccccc21. The molecule has 128 valence electrons. The molecule has 4 heteroatoms. The van der Waals surface area contributed by atoms with E-state index in [9.17, 15) is 9.59 Å². The molecule has 0 radical (unpaired) electrons. The van der Waals surface area contributed by atoms with Crippen LogP contribution in [0.2, 0.25) is 0 Å². The maximum Gasteiger partial charge on any atom is 0.265 e. The molecule has 0 saturated heterocycles. The molecule has 1 aliphatic rings. The molecule has 0 atom stereocenters. The fourth-order valence-electron chi connectivity index (χ4n) is 3.75. The molecule has 1 heterocycles. The van der Waals surface area contributed by atoms with Crippen LogP contribution in [0.4, 0.5) is 5.69 Å². The molecular formula is C22H18N2O2. The summed E-state index contributed by atoms with van der Waals surface area (Å²) in [5.41, 5.74) is 4.98. The van der Waals surface area contributed by atoms with Gasteiger partial charge in [0, 0.05) is 12.5 Å². The van der Waals surface area contributed by atoms with Gasteiger partial charge in [-0.25, -0.2) is 5.01 Å². The van der Waals surface area contributed by atoms with Crippen molar-refractivity contribution in [1.82, 2.24) is 5.43 Å². The van der Waals surface area contributed by atoms with Gasteiger partial charge in [-0.2, -0.15) is 0 Å². The number of carbonyl (C=O) groups is 2. The number of nitrogens with zero attached hydrogens (tertiary/aromatic N) is 1. The van der Waals surface area contributed by atoms with Gasteiger partial charge in [0.15, 0.2) is 0 Å². The van der Waals surface area contributed by atoms with E-state index in [2.05, 4.69) is 5.43 Å². The van der Waals surface area contributed by atoms with Crippen molar-refractivity contribution in [3.8, 4) is 0 Å². The van der Waals surface area contributed by atoms with Crippen molar-refractivity contribution in [2.75, 3.05) is 5.01 Å². The van der Waals surface area contributed by atoms with E-state index in [1.807, 2.05) is 84.9 Å². The second-order valence-electron chi connectivity index (χ2n) is 6.31. The van der Waals surface area contributed by atoms with Crippen molar-refractivity contribution >= 4 is 17.5 Å². The zero-order valence-corrected chi connectivity index (χ0v) is 14.3. The summed E-state index contributed by atoms with van der Waals surface area (Å²) < 4.78 is 0. The molecule has 0 saturated carbocycles. The van der Waals surface area contributed by atoms with Gasteiger partial charge in [-0.05, 0) is 17.2 Å². The fraction of sp³-hybridized carbons (Fsp3) is 0.0909. The van der Waals surface area contributed by atoms with Gasteiger partial charge in [0.05, 0.1) is 5.69 Å². The number of benzene rings is 3. The Kier molecular flexibility index (Phi) is 3.81. The maximum absolute atomic E-state index is 13.7. The maximum atomic E-state index is 13.7. The van der Waals surface area contributed by atoms with Gasteiger partial charge in [-0.15, -0.1) is 0 Å². The molecule has 0 bridgehead atoms. The van der Waals surface area contributed by atoms with Gasteiger partial charge in [-0.3, -0.25) is 15.0 Å². The molecule has 3 aromatic rings. The normalized spacial score (nSPS) is 14.8. The summed E-state index contributed by atoms with van der Waals surface area (Å²) in [5, 5.41) is 1.37. The number of hydrazine groups is 1. The quantitative estimate of drug-likeness (QED) is 0.793. The Morgan fingerprint density at radius 2 is 1.31 bits per heavy atom. The Hall–Kier alpha value is -3.40. The minimum Gasteiger partial charge on any atom is -0.274 e. The summed E-state index contributed by atoms with van der Waals surface area (Å²) in [6.45, 7) is 1.40. The van der Waals surface area contributed by atoms with Crippen molar-refractivity contribution < 1.29 is 9.59 Å². The standard InChI is InChI=1S/C22H18N2O2/c1-16(25)23-24-20-15-9-8-14-19(20)22(21(24)26,17-10-4-2-5-11-17)18-12-6-3-7-13-18/h2-15H,1H3,(H,23,25). The smallest absolute Gasteiger partial charge is 0.265 e. The van der Waals surface area contributed by atoms with E-state index in [-0.39, 0.29) is 11.8 Å². The first-order chi connectivity index (χ1) is 12.7. The van der Waals surface area contributed by atoms with Crippen LogP contribution >= 0.6 is 0 Å². The van der Waals surface area contributed by atoms with Crippen LogP contribution in [0.1, 0.15) is 23.6 Å². The zero-order valence-electron chi connectivity index (χ0n) is 14.3. The van der Waals surface area contributed by atoms with Crippen LogP contribution in [-0.4, -0.2) is 11.8 Å². The lowest BCUT2D eigenvalue weighted by molar-refractivity contribution is -0.126. The largest absolute Gasteiger partial charge is 0.274 e. The Labute approximate surface area is 152 Å². The van der Waals surface area contributed by atoms with Crippen LogP contribution in [0.3, 0.4) is 0 Å². The first-order valence-electron chi connectivity index (χ1n) is 8.48. The van der Waals surface area contributed by atoms with Crippen LogP contribution in [-0.2, 0) is 15.0 Å². The topological polar surface area (TPSA) is 49.4 Å². The number of hydrogen-bond donors (Lipinski definition) is 1. The minimum absolute atomic E-state index is 0.189. The monoisotopic (exact) mass is 342 g/mol. The van der Waals surface area contributed by atoms with Gasteiger partial charge in [0.1, 0.15) is 5.41 Å². The summed E-state index contributed by atoms with van der Waals surface area (Å²) in [6, 6.07) is 27.0. The molecule has 2 amide bonds. The Morgan fingerprint density at radius 3 is 1.85 bits per heavy atom. The predicted molar refractivity (Wildman–Crippen MR) is 101 cm³/mol. The number of amides is 2. The van der Waals surface area contributed by atoms with Crippen molar-refractivity contribution in [2.24, 2.45) is 0 Å². The lowest BCUT2D eigenvalue weighted by Gasteiger charge is -2.30. The second kappa shape index (κ2) is 6.15. The average Bonchev–Trinajstić information content (AvgIpc) is 2.92. The van der Waals surface area contributed by atoms with Crippen molar-refractivity contribution in [1.29, 1.82) is 0 Å². The summed E-state index contributed by atoms with van der Waals surface area (Å²) in [5.74, 6) is -0.476. The number of anilines is 1. The third-order valence-electron chi connectivity index (χ3n) is 4.76. The first kappa shape index (κ1) is 16.1. The molecule has 0 fully saturated rings. The third kappa shape index (κ3) is 2.23. The highest BCUT2D eigenvalue weighted by atomic mass is 16.2. The summed E-state index contributed by atoms with van der Waals surface area (Å²) in [6.07, 6.45) is 0. The second-order valence-corrected chi connectivity index (χ2v) is 6.31. The van der Waals surface area contributed by atoms with E-state index in [4.69, 9.17) is 0 Å². The minimum atomic E-state index is -0.998. The van der Waals surface area contributed by atoms with E-state index >= 15 is 0 Å². The number of fused-ring (bicyclic) bond motifs is 1. The number of para-hydroxylation sites is 1. The molecule has 0 aromatic heterocycles. The van der Waals surface area contributed by atoms with Crippen LogP contribution < -0.4 is 10.4 Å². The summed E-state index contributed by atoms with van der Waals surface area (Å²) in [7, 11) is 0. The number of carbonyl (C=O) groups excluding carboxylic acids is 2. The molecule has 3 aromatic carbocycles. The van der Waals surface area contributed by atoms with Crippen LogP contribution in [0, 0.1) is 0 Å². The summed E-state index contributed by atoms with van der Waals surface area (Å²) >= 11 is 0. The van der Waals surface area contributed by atoms with E-state index < -0.39 is 5.41 Å². The molecule has 26 heavy (non-hydrogen) atoms. The lowest BCUT2D eigenvalue weighted by Crippen LogP contribution is -2.49. The van der Waals surface area contributed by atoms with Crippen LogP contribution in [0.15, 0.2) is 84.9 Å². The van der Waals surface area contributed by atoms with Crippen molar-refractivity contribution in [3.05, 3.63) is 102 Å². The highest BCUT2D eigenvalue weighted by Gasteiger charge is 2.53. The first-order valence-corrected chi connectivity index (χ1v) is 8.48. The van der Waals surface area contributed by atoms with E-state index in [0.717, 1.165) is 16.7 Å². The van der Waals surface area contributed by atoms with Crippen LogP contribution in [0.5, 0.6) is 0 Å². The molecule has 4 nitrogen and oxygen atoms in total.